The van der Waals surface area contributed by atoms with Crippen LogP contribution in [0.25, 0.3) is 9.88 Å². The lowest BCUT2D eigenvalue weighted by Crippen LogP contribution is -2.53. The number of aromatic nitrogens is 1. The molecule has 2 aromatic heterocycles. The topological polar surface area (TPSA) is 68.0 Å². The fourth-order valence-electron chi connectivity index (χ4n) is 2.50. The molecular formula is C15H18ClN3OS2. The summed E-state index contributed by atoms with van der Waals surface area (Å²) in [4.78, 5) is 18.8. The van der Waals surface area contributed by atoms with Gasteiger partial charge in [0.25, 0.3) is 5.91 Å². The fraction of sp³-hybridized carbons (Fsp3) is 0.467. The number of nitrogens with one attached hydrogen (secondary N) is 1. The third kappa shape index (κ3) is 3.06. The van der Waals surface area contributed by atoms with Crippen molar-refractivity contribution >= 4 is 40.2 Å². The minimum Gasteiger partial charge on any atom is -0.345 e. The van der Waals surface area contributed by atoms with E-state index in [4.69, 9.17) is 17.3 Å². The molecule has 1 amide bonds. The first-order chi connectivity index (χ1) is 10.4. The van der Waals surface area contributed by atoms with Crippen LogP contribution in [0.3, 0.4) is 0 Å². The predicted molar refractivity (Wildman–Crippen MR) is 92.8 cm³/mol. The van der Waals surface area contributed by atoms with Gasteiger partial charge in [-0.3, -0.25) is 4.79 Å². The van der Waals surface area contributed by atoms with Crippen LogP contribution in [-0.4, -0.2) is 23.0 Å². The molecular weight excluding hydrogens is 338 g/mol. The Bertz CT molecular complexity index is 707. The lowest BCUT2D eigenvalue weighted by molar-refractivity contribution is 0.0901. The SMILES string of the molecule is Cc1nc(-c2ccc(Cl)s2)sc1C(=O)NC(C)(CN)C1CC1. The average Bonchev–Trinajstić information content (AvgIpc) is 3.15. The zero-order valence-corrected chi connectivity index (χ0v) is 14.9. The zero-order chi connectivity index (χ0) is 15.9. The Morgan fingerprint density at radius 1 is 1.50 bits per heavy atom. The van der Waals surface area contributed by atoms with Gasteiger partial charge in [-0.15, -0.1) is 22.7 Å². The summed E-state index contributed by atoms with van der Waals surface area (Å²) in [7, 11) is 0. The highest BCUT2D eigenvalue weighted by Gasteiger charge is 2.42. The maximum Gasteiger partial charge on any atom is 0.263 e. The summed E-state index contributed by atoms with van der Waals surface area (Å²) in [6, 6.07) is 3.78. The molecule has 1 atom stereocenters. The van der Waals surface area contributed by atoms with Crippen molar-refractivity contribution in [1.29, 1.82) is 0 Å². The quantitative estimate of drug-likeness (QED) is 0.859. The molecule has 0 spiro atoms. The summed E-state index contributed by atoms with van der Waals surface area (Å²) in [5.41, 5.74) is 6.30. The summed E-state index contributed by atoms with van der Waals surface area (Å²) in [6.07, 6.45) is 2.27. The van der Waals surface area contributed by atoms with E-state index in [1.54, 1.807) is 0 Å². The number of carbonyl (C=O) groups is 1. The third-order valence-electron chi connectivity index (χ3n) is 4.09. The first kappa shape index (κ1) is 15.9. The van der Waals surface area contributed by atoms with Crippen LogP contribution in [0.2, 0.25) is 4.34 Å². The summed E-state index contributed by atoms with van der Waals surface area (Å²) >= 11 is 8.84. The van der Waals surface area contributed by atoms with Gasteiger partial charge in [0.05, 0.1) is 20.4 Å². The molecule has 22 heavy (non-hydrogen) atoms. The van der Waals surface area contributed by atoms with Crippen LogP contribution in [0, 0.1) is 12.8 Å². The van der Waals surface area contributed by atoms with E-state index in [2.05, 4.69) is 10.3 Å². The van der Waals surface area contributed by atoms with Crippen molar-refractivity contribution in [1.82, 2.24) is 10.3 Å². The van der Waals surface area contributed by atoms with Gasteiger partial charge in [-0.05, 0) is 44.7 Å². The molecule has 0 saturated heterocycles. The van der Waals surface area contributed by atoms with Crippen LogP contribution in [0.15, 0.2) is 12.1 Å². The molecule has 2 heterocycles. The molecule has 1 saturated carbocycles. The van der Waals surface area contributed by atoms with Crippen molar-refractivity contribution in [3.8, 4) is 9.88 Å². The van der Waals surface area contributed by atoms with E-state index in [1.165, 1.54) is 22.7 Å². The van der Waals surface area contributed by atoms with Crippen LogP contribution in [0.5, 0.6) is 0 Å². The Hall–Kier alpha value is -0.950. The second kappa shape index (κ2) is 5.92. The number of nitrogens with two attached hydrogens (primary N) is 1. The van der Waals surface area contributed by atoms with Gasteiger partial charge in [0.1, 0.15) is 9.88 Å². The largest absolute Gasteiger partial charge is 0.345 e. The summed E-state index contributed by atoms with van der Waals surface area (Å²) in [5.74, 6) is 0.411. The summed E-state index contributed by atoms with van der Waals surface area (Å²) in [6.45, 7) is 4.34. The predicted octanol–water partition coefficient (Wildman–Crippen LogP) is 3.69. The van der Waals surface area contributed by atoms with Gasteiger partial charge in [0.2, 0.25) is 0 Å². The average molecular weight is 356 g/mol. The molecule has 0 bridgehead atoms. The van der Waals surface area contributed by atoms with Crippen LogP contribution in [0.1, 0.15) is 35.1 Å². The summed E-state index contributed by atoms with van der Waals surface area (Å²) in [5, 5.41) is 3.95. The Morgan fingerprint density at radius 3 is 2.77 bits per heavy atom. The lowest BCUT2D eigenvalue weighted by Gasteiger charge is -2.29. The van der Waals surface area contributed by atoms with Crippen molar-refractivity contribution in [2.24, 2.45) is 11.7 Å². The molecule has 2 aromatic rings. The maximum absolute atomic E-state index is 12.6. The number of nitrogens with zero attached hydrogens (tertiary/aromatic N) is 1. The maximum atomic E-state index is 12.6. The number of hydrogen-bond acceptors (Lipinski definition) is 5. The number of aryl methyl sites for hydroxylation is 1. The van der Waals surface area contributed by atoms with Gasteiger partial charge in [-0.2, -0.15) is 0 Å². The third-order valence-corrected chi connectivity index (χ3v) is 6.64. The monoisotopic (exact) mass is 355 g/mol. The van der Waals surface area contributed by atoms with Crippen molar-refractivity contribution < 1.29 is 4.79 Å². The Balaban J connectivity index is 1.82. The highest BCUT2D eigenvalue weighted by molar-refractivity contribution is 7.24. The molecule has 0 aliphatic heterocycles. The van der Waals surface area contributed by atoms with Gasteiger partial charge >= 0.3 is 0 Å². The first-order valence-electron chi connectivity index (χ1n) is 7.18. The van der Waals surface area contributed by atoms with Crippen molar-refractivity contribution in [2.45, 2.75) is 32.2 Å². The van der Waals surface area contributed by atoms with Crippen LogP contribution in [-0.2, 0) is 0 Å². The highest BCUT2D eigenvalue weighted by atomic mass is 35.5. The van der Waals surface area contributed by atoms with E-state index >= 15 is 0 Å². The van der Waals surface area contributed by atoms with E-state index in [1.807, 2.05) is 26.0 Å². The standard InChI is InChI=1S/C15H18ClN3OS2/c1-8-12(13(20)19-15(2,7-17)9-3-4-9)22-14(18-8)10-5-6-11(16)21-10/h5-6,9H,3-4,7,17H2,1-2H3,(H,19,20). The van der Waals surface area contributed by atoms with Crippen molar-refractivity contribution in [2.75, 3.05) is 6.54 Å². The van der Waals surface area contributed by atoms with Crippen LogP contribution in [0.4, 0.5) is 0 Å². The number of rotatable bonds is 5. The minimum absolute atomic E-state index is 0.0799. The van der Waals surface area contributed by atoms with Crippen molar-refractivity contribution in [3.05, 3.63) is 27.0 Å². The van der Waals surface area contributed by atoms with E-state index < -0.39 is 0 Å². The number of thiazole rings is 1. The Labute approximate surface area is 142 Å². The minimum atomic E-state index is -0.320. The number of halogens is 1. The molecule has 4 nitrogen and oxygen atoms in total. The van der Waals surface area contributed by atoms with Gasteiger partial charge < -0.3 is 11.1 Å². The molecule has 1 aliphatic rings. The first-order valence-corrected chi connectivity index (χ1v) is 9.20. The van der Waals surface area contributed by atoms with E-state index in [0.29, 0.717) is 17.3 Å². The molecule has 3 N–H and O–H groups in total. The highest BCUT2D eigenvalue weighted by Crippen LogP contribution is 2.40. The van der Waals surface area contributed by atoms with E-state index in [9.17, 15) is 4.79 Å². The number of carbonyl (C=O) groups excluding carboxylic acids is 1. The van der Waals surface area contributed by atoms with Gasteiger partial charge in [0.15, 0.2) is 0 Å². The number of thiophene rings is 1. The molecule has 7 heteroatoms. The Kier molecular flexibility index (Phi) is 4.29. The molecule has 1 unspecified atom stereocenters. The fourth-order valence-corrected chi connectivity index (χ4v) is 4.56. The van der Waals surface area contributed by atoms with Gasteiger partial charge in [-0.1, -0.05) is 11.6 Å². The smallest absolute Gasteiger partial charge is 0.263 e. The molecule has 3 rings (SSSR count). The van der Waals surface area contributed by atoms with Gasteiger partial charge in [0, 0.05) is 6.54 Å². The van der Waals surface area contributed by atoms with Crippen LogP contribution < -0.4 is 11.1 Å². The Morgan fingerprint density at radius 2 is 2.23 bits per heavy atom. The summed E-state index contributed by atoms with van der Waals surface area (Å²) < 4.78 is 0.721. The second-order valence-corrected chi connectivity index (χ2v) is 8.60. The molecule has 1 fully saturated rings. The van der Waals surface area contributed by atoms with E-state index in [-0.39, 0.29) is 11.4 Å². The molecule has 118 valence electrons. The normalized spacial score (nSPS) is 17.3. The number of amides is 1. The van der Waals surface area contributed by atoms with Gasteiger partial charge in [-0.25, -0.2) is 4.98 Å². The lowest BCUT2D eigenvalue weighted by atomic mass is 9.96. The molecule has 1 aliphatic carbocycles. The zero-order valence-electron chi connectivity index (χ0n) is 12.5. The molecule has 0 radical (unpaired) electrons. The van der Waals surface area contributed by atoms with E-state index in [0.717, 1.165) is 32.8 Å². The second-order valence-electron chi connectivity index (χ2n) is 5.89. The number of hydrogen-bond donors (Lipinski definition) is 2. The van der Waals surface area contributed by atoms with Crippen molar-refractivity contribution in [3.63, 3.8) is 0 Å². The van der Waals surface area contributed by atoms with Crippen LogP contribution >= 0.6 is 34.3 Å². The molecule has 0 aromatic carbocycles.